The van der Waals surface area contributed by atoms with Crippen molar-refractivity contribution < 1.29 is 18.5 Å². The molecular formula is C19H18FNO3S. The summed E-state index contributed by atoms with van der Waals surface area (Å²) in [6.07, 6.45) is 4.32. The Labute approximate surface area is 147 Å². The van der Waals surface area contributed by atoms with Crippen LogP contribution in [0.3, 0.4) is 0 Å². The van der Waals surface area contributed by atoms with Gasteiger partial charge < -0.3 is 10.4 Å². The minimum absolute atomic E-state index is 0.0600. The molecule has 0 amide bonds. The number of hydrogen-bond donors (Lipinski definition) is 2. The van der Waals surface area contributed by atoms with Crippen LogP contribution >= 0.6 is 0 Å². The lowest BCUT2D eigenvalue weighted by Crippen LogP contribution is -2.27. The van der Waals surface area contributed by atoms with E-state index in [1.54, 1.807) is 30.5 Å². The Hall–Kier alpha value is -2.21. The Balaban J connectivity index is 1.78. The lowest BCUT2D eigenvalue weighted by molar-refractivity contribution is 0.0696. The lowest BCUT2D eigenvalue weighted by atomic mass is 9.81. The first-order chi connectivity index (χ1) is 11.9. The van der Waals surface area contributed by atoms with Crippen molar-refractivity contribution in [2.24, 2.45) is 0 Å². The minimum atomic E-state index is -1.21. The number of nitrogens with one attached hydrogen (secondary N) is 1. The molecule has 4 nitrogen and oxygen atoms in total. The Bertz CT molecular complexity index is 908. The third kappa shape index (κ3) is 2.74. The zero-order valence-corrected chi connectivity index (χ0v) is 14.5. The summed E-state index contributed by atoms with van der Waals surface area (Å²) in [6.45, 7) is 0. The maximum Gasteiger partial charge on any atom is 0.335 e. The largest absolute Gasteiger partial charge is 0.478 e. The van der Waals surface area contributed by atoms with E-state index in [0.717, 1.165) is 36.1 Å². The number of halogens is 1. The molecule has 2 N–H and O–H groups in total. The van der Waals surface area contributed by atoms with Gasteiger partial charge in [0.15, 0.2) is 0 Å². The van der Waals surface area contributed by atoms with Crippen LogP contribution in [0.15, 0.2) is 41.3 Å². The molecule has 1 aliphatic heterocycles. The number of fused-ring (bicyclic) bond motifs is 2. The lowest BCUT2D eigenvalue weighted by Gasteiger charge is -2.34. The smallest absolute Gasteiger partial charge is 0.335 e. The molecule has 130 valence electrons. The molecule has 1 fully saturated rings. The van der Waals surface area contributed by atoms with E-state index in [9.17, 15) is 18.5 Å². The molecule has 25 heavy (non-hydrogen) atoms. The highest BCUT2D eigenvalue weighted by Crippen LogP contribution is 2.59. The highest BCUT2D eigenvalue weighted by atomic mass is 32.2. The molecule has 2 aromatic rings. The topological polar surface area (TPSA) is 66.4 Å². The first kappa shape index (κ1) is 16.3. The number of hydrogen-bond acceptors (Lipinski definition) is 3. The number of anilines is 1. The van der Waals surface area contributed by atoms with Crippen molar-refractivity contribution in [3.05, 3.63) is 58.9 Å². The third-order valence-electron chi connectivity index (χ3n) is 5.27. The molecule has 4 rings (SSSR count). The number of aromatic carboxylic acids is 1. The van der Waals surface area contributed by atoms with Crippen LogP contribution in [0, 0.1) is 5.82 Å². The van der Waals surface area contributed by atoms with Gasteiger partial charge in [-0.15, -0.1) is 0 Å². The van der Waals surface area contributed by atoms with Crippen LogP contribution in [0.1, 0.15) is 46.8 Å². The molecule has 1 spiro atoms. The first-order valence-corrected chi connectivity index (χ1v) is 9.73. The second-order valence-electron chi connectivity index (χ2n) is 6.88. The van der Waals surface area contributed by atoms with Gasteiger partial charge >= 0.3 is 5.97 Å². The predicted molar refractivity (Wildman–Crippen MR) is 94.0 cm³/mol. The summed E-state index contributed by atoms with van der Waals surface area (Å²) in [4.78, 5) is 11.9. The summed E-state index contributed by atoms with van der Waals surface area (Å²) in [6, 6.07) is 9.36. The van der Waals surface area contributed by atoms with Gasteiger partial charge in [-0.1, -0.05) is 0 Å². The van der Waals surface area contributed by atoms with Crippen LogP contribution in [0.2, 0.25) is 0 Å². The fourth-order valence-corrected chi connectivity index (χ4v) is 4.64. The summed E-state index contributed by atoms with van der Waals surface area (Å²) in [7, 11) is -1.21. The van der Waals surface area contributed by atoms with Crippen molar-refractivity contribution >= 4 is 22.5 Å². The van der Waals surface area contributed by atoms with E-state index >= 15 is 0 Å². The molecule has 2 aromatic carbocycles. The molecule has 0 radical (unpaired) electrons. The number of carboxylic acids is 1. The van der Waals surface area contributed by atoms with Gasteiger partial charge in [0.1, 0.15) is 5.82 Å². The summed E-state index contributed by atoms with van der Waals surface area (Å²) in [5.74, 6) is -1.28. The molecule has 0 aromatic heterocycles. The maximum atomic E-state index is 13.8. The number of rotatable bonds is 3. The van der Waals surface area contributed by atoms with E-state index in [4.69, 9.17) is 0 Å². The van der Waals surface area contributed by atoms with Crippen LogP contribution in [-0.2, 0) is 16.2 Å². The molecule has 1 aliphatic carbocycles. The Kier molecular flexibility index (Phi) is 3.68. The van der Waals surface area contributed by atoms with Crippen molar-refractivity contribution in [2.75, 3.05) is 11.6 Å². The van der Waals surface area contributed by atoms with E-state index in [0.29, 0.717) is 4.90 Å². The normalized spacial score (nSPS) is 21.3. The summed E-state index contributed by atoms with van der Waals surface area (Å²) >= 11 is 0. The van der Waals surface area contributed by atoms with Crippen molar-refractivity contribution in [1.29, 1.82) is 0 Å². The van der Waals surface area contributed by atoms with Gasteiger partial charge in [0.25, 0.3) is 0 Å². The van der Waals surface area contributed by atoms with E-state index < -0.39 is 16.8 Å². The molecule has 2 aliphatic rings. The molecule has 2 unspecified atom stereocenters. The van der Waals surface area contributed by atoms with Gasteiger partial charge in [-0.3, -0.25) is 4.21 Å². The monoisotopic (exact) mass is 359 g/mol. The average Bonchev–Trinajstić information content (AvgIpc) is 3.34. The van der Waals surface area contributed by atoms with Gasteiger partial charge in [-0.2, -0.15) is 0 Å². The Morgan fingerprint density at radius 2 is 2.04 bits per heavy atom. The van der Waals surface area contributed by atoms with Crippen LogP contribution in [-0.4, -0.2) is 21.5 Å². The fourth-order valence-electron chi connectivity index (χ4n) is 3.85. The zero-order chi connectivity index (χ0) is 17.8. The minimum Gasteiger partial charge on any atom is -0.478 e. The van der Waals surface area contributed by atoms with E-state index in [1.165, 1.54) is 12.1 Å². The fraction of sp³-hybridized carbons (Fsp3) is 0.316. The summed E-state index contributed by atoms with van der Waals surface area (Å²) in [5.41, 5.74) is 2.86. The maximum absolute atomic E-state index is 13.8. The molecule has 0 saturated heterocycles. The van der Waals surface area contributed by atoms with Crippen LogP contribution in [0.5, 0.6) is 0 Å². The number of carbonyl (C=O) groups is 1. The van der Waals surface area contributed by atoms with E-state index in [2.05, 4.69) is 5.32 Å². The molecular weight excluding hydrogens is 341 g/mol. The van der Waals surface area contributed by atoms with E-state index in [-0.39, 0.29) is 22.8 Å². The molecule has 6 heteroatoms. The zero-order valence-electron chi connectivity index (χ0n) is 13.7. The predicted octanol–water partition coefficient (Wildman–Crippen LogP) is 3.85. The van der Waals surface area contributed by atoms with Crippen LogP contribution in [0.4, 0.5) is 10.1 Å². The standard InChI is InChI=1S/C19H18FNO3S/c1-25(24)17-5-3-12(20)9-13(17)16-10-19(6-7-19)14-8-11(18(22)23)2-4-15(14)21-16/h2-5,8-9,16,21H,6-7,10H2,1H3,(H,22,23). The van der Waals surface area contributed by atoms with Crippen LogP contribution < -0.4 is 5.32 Å². The van der Waals surface area contributed by atoms with Gasteiger partial charge in [0.2, 0.25) is 0 Å². The van der Waals surface area contributed by atoms with Crippen LogP contribution in [0.25, 0.3) is 0 Å². The highest BCUT2D eigenvalue weighted by molar-refractivity contribution is 7.84. The average molecular weight is 359 g/mol. The van der Waals surface area contributed by atoms with E-state index in [1.807, 2.05) is 0 Å². The quantitative estimate of drug-likeness (QED) is 0.874. The summed E-state index contributed by atoms with van der Waals surface area (Å²) in [5, 5.41) is 12.6. The summed E-state index contributed by atoms with van der Waals surface area (Å²) < 4.78 is 25.9. The van der Waals surface area contributed by atoms with Crippen molar-refractivity contribution in [3.8, 4) is 0 Å². The molecule has 1 heterocycles. The van der Waals surface area contributed by atoms with Crippen molar-refractivity contribution in [3.63, 3.8) is 0 Å². The Morgan fingerprint density at radius 1 is 1.28 bits per heavy atom. The van der Waals surface area contributed by atoms with Gasteiger partial charge in [0, 0.05) is 16.8 Å². The second-order valence-corrected chi connectivity index (χ2v) is 8.23. The van der Waals surface area contributed by atoms with Gasteiger partial charge in [0.05, 0.1) is 22.4 Å². The van der Waals surface area contributed by atoms with Gasteiger partial charge in [-0.05, 0) is 72.2 Å². The van der Waals surface area contributed by atoms with Gasteiger partial charge in [-0.25, -0.2) is 9.18 Å². The highest BCUT2D eigenvalue weighted by Gasteiger charge is 2.50. The molecule has 1 saturated carbocycles. The third-order valence-corrected chi connectivity index (χ3v) is 6.26. The SMILES string of the molecule is CS(=O)c1ccc(F)cc1C1CC2(CC2)c2cc(C(=O)O)ccc2N1. The Morgan fingerprint density at radius 3 is 2.68 bits per heavy atom. The first-order valence-electron chi connectivity index (χ1n) is 8.17. The molecule has 2 atom stereocenters. The molecule has 0 bridgehead atoms. The number of benzene rings is 2. The second kappa shape index (κ2) is 5.66. The number of carboxylic acid groups (broad SMARTS) is 1. The van der Waals surface area contributed by atoms with Crippen molar-refractivity contribution in [2.45, 2.75) is 35.6 Å². The van der Waals surface area contributed by atoms with Crippen molar-refractivity contribution in [1.82, 2.24) is 0 Å².